The van der Waals surface area contributed by atoms with Crippen LogP contribution in [0.3, 0.4) is 0 Å². The van der Waals surface area contributed by atoms with Gasteiger partial charge < -0.3 is 25.7 Å². The highest BCUT2D eigenvalue weighted by molar-refractivity contribution is 5.86. The van der Waals surface area contributed by atoms with Crippen molar-refractivity contribution in [2.75, 3.05) is 26.7 Å². The summed E-state index contributed by atoms with van der Waals surface area (Å²) in [5, 5.41) is 21.7. The normalized spacial score (nSPS) is 11.9. The summed E-state index contributed by atoms with van der Waals surface area (Å²) < 4.78 is 0. The van der Waals surface area contributed by atoms with E-state index in [9.17, 15) is 14.4 Å². The molecule has 0 fully saturated rings. The Labute approximate surface area is 105 Å². The van der Waals surface area contributed by atoms with E-state index in [-0.39, 0.29) is 0 Å². The predicted octanol–water partition coefficient (Wildman–Crippen LogP) is -0.835. The number of nitrogens with one attached hydrogen (secondary N) is 2. The summed E-state index contributed by atoms with van der Waals surface area (Å²) in [6, 6.07) is -2.11. The Morgan fingerprint density at radius 1 is 1.28 bits per heavy atom. The molecule has 0 spiro atoms. The summed E-state index contributed by atoms with van der Waals surface area (Å²) in [5.41, 5.74) is 0. The number of urea groups is 1. The molecule has 0 saturated heterocycles. The molecule has 0 radical (unpaired) electrons. The van der Waals surface area contributed by atoms with Gasteiger partial charge in [-0.2, -0.15) is 0 Å². The van der Waals surface area contributed by atoms with E-state index in [0.717, 1.165) is 6.54 Å². The van der Waals surface area contributed by atoms with E-state index in [4.69, 9.17) is 10.2 Å². The lowest BCUT2D eigenvalue weighted by Gasteiger charge is -2.16. The summed E-state index contributed by atoms with van der Waals surface area (Å²) in [7, 11) is 1.88. The van der Waals surface area contributed by atoms with Crippen molar-refractivity contribution in [3.8, 4) is 0 Å². The van der Waals surface area contributed by atoms with E-state index in [1.165, 1.54) is 0 Å². The van der Waals surface area contributed by atoms with Crippen molar-refractivity contribution in [1.82, 2.24) is 15.5 Å². The lowest BCUT2D eigenvalue weighted by atomic mass is 10.2. The van der Waals surface area contributed by atoms with Crippen LogP contribution in [0, 0.1) is 0 Å². The maximum atomic E-state index is 11.3. The van der Waals surface area contributed by atoms with E-state index >= 15 is 0 Å². The first-order valence-corrected chi connectivity index (χ1v) is 5.54. The monoisotopic (exact) mass is 261 g/mol. The number of aliphatic carboxylic acids is 2. The van der Waals surface area contributed by atoms with Gasteiger partial charge in [0.2, 0.25) is 0 Å². The first kappa shape index (κ1) is 16.2. The minimum Gasteiger partial charge on any atom is -0.481 e. The van der Waals surface area contributed by atoms with Crippen LogP contribution in [0.25, 0.3) is 0 Å². The number of carbonyl (C=O) groups is 3. The number of rotatable bonds is 8. The van der Waals surface area contributed by atoms with Gasteiger partial charge in [-0.25, -0.2) is 9.59 Å². The molecule has 0 heterocycles. The molecule has 0 aromatic rings. The molecule has 0 bridgehead atoms. The minimum absolute atomic E-state index is 0.357. The second-order valence-electron chi connectivity index (χ2n) is 3.78. The van der Waals surface area contributed by atoms with Gasteiger partial charge in [-0.3, -0.25) is 4.79 Å². The number of hydrogen-bond donors (Lipinski definition) is 4. The van der Waals surface area contributed by atoms with Crippen LogP contribution in [0.5, 0.6) is 0 Å². The van der Waals surface area contributed by atoms with Gasteiger partial charge in [0.05, 0.1) is 6.42 Å². The van der Waals surface area contributed by atoms with Gasteiger partial charge in [0.1, 0.15) is 6.04 Å². The third-order valence-electron chi connectivity index (χ3n) is 2.30. The van der Waals surface area contributed by atoms with Gasteiger partial charge in [-0.1, -0.05) is 6.92 Å². The van der Waals surface area contributed by atoms with Crippen molar-refractivity contribution in [1.29, 1.82) is 0 Å². The van der Waals surface area contributed by atoms with Crippen molar-refractivity contribution >= 4 is 18.0 Å². The first-order chi connectivity index (χ1) is 8.36. The fraction of sp³-hybridized carbons (Fsp3) is 0.700. The molecule has 0 aliphatic rings. The van der Waals surface area contributed by atoms with Crippen LogP contribution in [0.15, 0.2) is 0 Å². The lowest BCUT2D eigenvalue weighted by Crippen LogP contribution is -2.48. The second kappa shape index (κ2) is 8.29. The van der Waals surface area contributed by atoms with Gasteiger partial charge in [-0.15, -0.1) is 0 Å². The number of carbonyl (C=O) groups excluding carboxylic acids is 1. The SMILES string of the molecule is CCN(C)CCNC(=O)NC(CC(=O)O)C(=O)O. The summed E-state index contributed by atoms with van der Waals surface area (Å²) in [6.45, 7) is 3.78. The fourth-order valence-corrected chi connectivity index (χ4v) is 1.10. The van der Waals surface area contributed by atoms with E-state index in [2.05, 4.69) is 10.6 Å². The Morgan fingerprint density at radius 3 is 2.33 bits per heavy atom. The maximum absolute atomic E-state index is 11.3. The molecule has 0 aliphatic carbocycles. The smallest absolute Gasteiger partial charge is 0.326 e. The second-order valence-corrected chi connectivity index (χ2v) is 3.78. The molecule has 8 nitrogen and oxygen atoms in total. The molecule has 0 aromatic carbocycles. The Bertz CT molecular complexity index is 308. The topological polar surface area (TPSA) is 119 Å². The summed E-state index contributed by atoms with van der Waals surface area (Å²) in [5.74, 6) is -2.66. The summed E-state index contributed by atoms with van der Waals surface area (Å²) in [6.07, 6.45) is -0.655. The largest absolute Gasteiger partial charge is 0.481 e. The average molecular weight is 261 g/mol. The van der Waals surface area contributed by atoms with Crippen molar-refractivity contribution in [3.05, 3.63) is 0 Å². The van der Waals surface area contributed by atoms with E-state index in [1.54, 1.807) is 0 Å². The van der Waals surface area contributed by atoms with Gasteiger partial charge in [0.25, 0.3) is 0 Å². The number of hydrogen-bond acceptors (Lipinski definition) is 4. The molecular weight excluding hydrogens is 242 g/mol. The van der Waals surface area contributed by atoms with Gasteiger partial charge >= 0.3 is 18.0 Å². The highest BCUT2D eigenvalue weighted by Gasteiger charge is 2.22. The molecule has 8 heteroatoms. The van der Waals surface area contributed by atoms with Crippen LogP contribution < -0.4 is 10.6 Å². The van der Waals surface area contributed by atoms with Crippen LogP contribution in [0.1, 0.15) is 13.3 Å². The van der Waals surface area contributed by atoms with Crippen LogP contribution in [-0.4, -0.2) is 65.8 Å². The van der Waals surface area contributed by atoms with E-state index in [1.807, 2.05) is 18.9 Å². The zero-order valence-corrected chi connectivity index (χ0v) is 10.5. The number of carboxylic acid groups (broad SMARTS) is 2. The highest BCUT2D eigenvalue weighted by Crippen LogP contribution is 1.92. The van der Waals surface area contributed by atoms with Crippen LogP contribution in [0.2, 0.25) is 0 Å². The zero-order chi connectivity index (χ0) is 14.1. The Kier molecular flexibility index (Phi) is 7.45. The summed E-state index contributed by atoms with van der Waals surface area (Å²) >= 11 is 0. The van der Waals surface area contributed by atoms with Crippen molar-refractivity contribution < 1.29 is 24.6 Å². The first-order valence-electron chi connectivity index (χ1n) is 5.54. The van der Waals surface area contributed by atoms with Gasteiger partial charge in [0, 0.05) is 13.1 Å². The lowest BCUT2D eigenvalue weighted by molar-refractivity contribution is -0.145. The Balaban J connectivity index is 4.03. The molecule has 0 saturated carbocycles. The average Bonchev–Trinajstić information content (AvgIpc) is 2.27. The van der Waals surface area contributed by atoms with Crippen molar-refractivity contribution in [2.45, 2.75) is 19.4 Å². The Morgan fingerprint density at radius 2 is 1.89 bits per heavy atom. The molecule has 0 rings (SSSR count). The highest BCUT2D eigenvalue weighted by atomic mass is 16.4. The molecule has 4 N–H and O–H groups in total. The number of carboxylic acids is 2. The van der Waals surface area contributed by atoms with Crippen LogP contribution in [0.4, 0.5) is 4.79 Å². The quantitative estimate of drug-likeness (QED) is 0.452. The van der Waals surface area contributed by atoms with Gasteiger partial charge in [0.15, 0.2) is 0 Å². The molecule has 18 heavy (non-hydrogen) atoms. The predicted molar refractivity (Wildman–Crippen MR) is 63.4 cm³/mol. The molecular formula is C10H19N3O5. The van der Waals surface area contributed by atoms with E-state index in [0.29, 0.717) is 13.1 Å². The third kappa shape index (κ3) is 7.44. The molecule has 1 atom stereocenters. The molecule has 0 aliphatic heterocycles. The summed E-state index contributed by atoms with van der Waals surface area (Å²) in [4.78, 5) is 34.4. The fourth-order valence-electron chi connectivity index (χ4n) is 1.10. The number of amides is 2. The molecule has 2 amide bonds. The molecule has 104 valence electrons. The van der Waals surface area contributed by atoms with E-state index < -0.39 is 30.4 Å². The molecule has 1 unspecified atom stereocenters. The zero-order valence-electron chi connectivity index (χ0n) is 10.5. The standard InChI is InChI=1S/C10H19N3O5/c1-3-13(2)5-4-11-10(18)12-7(9(16)17)6-8(14)15/h7H,3-6H2,1-2H3,(H,14,15)(H,16,17)(H2,11,12,18). The number of likely N-dealkylation sites (N-methyl/N-ethyl adjacent to an activating group) is 1. The van der Waals surface area contributed by atoms with Crippen molar-refractivity contribution in [2.24, 2.45) is 0 Å². The maximum Gasteiger partial charge on any atom is 0.326 e. The molecule has 0 aromatic heterocycles. The van der Waals surface area contributed by atoms with Crippen molar-refractivity contribution in [3.63, 3.8) is 0 Å². The minimum atomic E-state index is -1.42. The van der Waals surface area contributed by atoms with Crippen LogP contribution in [-0.2, 0) is 9.59 Å². The Hall–Kier alpha value is -1.83. The third-order valence-corrected chi connectivity index (χ3v) is 2.30. The number of nitrogens with zero attached hydrogens (tertiary/aromatic N) is 1. The van der Waals surface area contributed by atoms with Gasteiger partial charge in [-0.05, 0) is 13.6 Å². The van der Waals surface area contributed by atoms with Crippen LogP contribution >= 0.6 is 0 Å².